The maximum atomic E-state index is 13.1. The molecular weight excluding hydrogens is 399 g/mol. The van der Waals surface area contributed by atoms with Gasteiger partial charge in [0.15, 0.2) is 6.10 Å². The second kappa shape index (κ2) is 9.33. The number of nitrogens with one attached hydrogen (secondary N) is 1. The number of ether oxygens (including phenoxy) is 1. The van der Waals surface area contributed by atoms with Crippen molar-refractivity contribution >= 4 is 46.6 Å². The SMILES string of the molecule is C[C@H](OC(=O)CSc1ccc([N+](=O)[O-])cc1)C(=O)Nc1ccc(F)c(Cl)c1. The van der Waals surface area contributed by atoms with E-state index in [1.165, 1.54) is 43.3 Å². The van der Waals surface area contributed by atoms with Crippen LogP contribution in [0, 0.1) is 15.9 Å². The van der Waals surface area contributed by atoms with Crippen LogP contribution in [0.2, 0.25) is 5.02 Å². The van der Waals surface area contributed by atoms with Gasteiger partial charge in [-0.15, -0.1) is 11.8 Å². The fourth-order valence-electron chi connectivity index (χ4n) is 1.91. The lowest BCUT2D eigenvalue weighted by Gasteiger charge is -2.13. The molecule has 0 bridgehead atoms. The lowest BCUT2D eigenvalue weighted by molar-refractivity contribution is -0.384. The first-order valence-electron chi connectivity index (χ1n) is 7.59. The summed E-state index contributed by atoms with van der Waals surface area (Å²) < 4.78 is 18.1. The molecule has 0 radical (unpaired) electrons. The number of hydrogen-bond acceptors (Lipinski definition) is 6. The number of rotatable bonds is 7. The Bertz CT molecular complexity index is 863. The van der Waals surface area contributed by atoms with Gasteiger partial charge in [0.2, 0.25) is 0 Å². The average Bonchev–Trinajstić information content (AvgIpc) is 2.63. The highest BCUT2D eigenvalue weighted by Crippen LogP contribution is 2.22. The van der Waals surface area contributed by atoms with Gasteiger partial charge in [-0.1, -0.05) is 11.6 Å². The molecule has 1 amide bonds. The van der Waals surface area contributed by atoms with Gasteiger partial charge in [-0.3, -0.25) is 19.7 Å². The molecule has 2 aromatic carbocycles. The minimum Gasteiger partial charge on any atom is -0.452 e. The number of carbonyl (C=O) groups is 2. The molecule has 10 heteroatoms. The molecule has 27 heavy (non-hydrogen) atoms. The molecule has 0 fully saturated rings. The third-order valence-corrected chi connectivity index (χ3v) is 4.54. The second-order valence-corrected chi connectivity index (χ2v) is 6.75. The number of nitro benzene ring substituents is 1. The Morgan fingerprint density at radius 3 is 2.56 bits per heavy atom. The van der Waals surface area contributed by atoms with Crippen molar-refractivity contribution in [1.29, 1.82) is 0 Å². The standard InChI is InChI=1S/C17H14ClFN2O5S/c1-10(17(23)20-11-2-7-15(19)14(18)8-11)26-16(22)9-27-13-5-3-12(4-6-13)21(24)25/h2-8,10H,9H2,1H3,(H,20,23)/t10-/m0/s1. The van der Waals surface area contributed by atoms with Gasteiger partial charge in [-0.05, 0) is 37.3 Å². The molecule has 0 heterocycles. The Hall–Kier alpha value is -2.65. The van der Waals surface area contributed by atoms with Crippen LogP contribution in [0.25, 0.3) is 0 Å². The summed E-state index contributed by atoms with van der Waals surface area (Å²) in [5.74, 6) is -1.90. The smallest absolute Gasteiger partial charge is 0.317 e. The number of non-ortho nitro benzene ring substituents is 1. The number of esters is 1. The van der Waals surface area contributed by atoms with Crippen molar-refractivity contribution in [3.05, 3.63) is 63.4 Å². The minimum absolute atomic E-state index is 0.0480. The summed E-state index contributed by atoms with van der Waals surface area (Å²) in [6.07, 6.45) is -1.07. The van der Waals surface area contributed by atoms with Crippen LogP contribution in [0.5, 0.6) is 0 Å². The van der Waals surface area contributed by atoms with E-state index >= 15 is 0 Å². The first-order chi connectivity index (χ1) is 12.8. The lowest BCUT2D eigenvalue weighted by Crippen LogP contribution is -2.30. The number of nitro groups is 1. The van der Waals surface area contributed by atoms with Gasteiger partial charge in [0.25, 0.3) is 11.6 Å². The fraction of sp³-hybridized carbons (Fsp3) is 0.176. The summed E-state index contributed by atoms with van der Waals surface area (Å²) in [6.45, 7) is 1.40. The predicted octanol–water partition coefficient (Wildman–Crippen LogP) is 4.05. The number of benzene rings is 2. The Labute approximate surface area is 163 Å². The highest BCUT2D eigenvalue weighted by Gasteiger charge is 2.18. The van der Waals surface area contributed by atoms with E-state index < -0.39 is 28.7 Å². The van der Waals surface area contributed by atoms with Gasteiger partial charge in [-0.25, -0.2) is 4.39 Å². The van der Waals surface area contributed by atoms with E-state index in [0.29, 0.717) is 4.90 Å². The van der Waals surface area contributed by atoms with Gasteiger partial charge in [0, 0.05) is 22.7 Å². The number of anilines is 1. The molecule has 0 aliphatic rings. The van der Waals surface area contributed by atoms with Crippen LogP contribution >= 0.6 is 23.4 Å². The third-order valence-electron chi connectivity index (χ3n) is 3.27. The lowest BCUT2D eigenvalue weighted by atomic mass is 10.3. The zero-order valence-corrected chi connectivity index (χ0v) is 15.6. The summed E-state index contributed by atoms with van der Waals surface area (Å²) in [7, 11) is 0. The number of hydrogen-bond donors (Lipinski definition) is 1. The molecule has 2 aromatic rings. The van der Waals surface area contributed by atoms with Crippen molar-refractivity contribution in [2.45, 2.75) is 17.9 Å². The zero-order chi connectivity index (χ0) is 20.0. The van der Waals surface area contributed by atoms with Gasteiger partial charge < -0.3 is 10.1 Å². The van der Waals surface area contributed by atoms with Crippen LogP contribution in [0.4, 0.5) is 15.8 Å². The molecule has 0 saturated carbocycles. The van der Waals surface area contributed by atoms with Crippen molar-refractivity contribution in [3.8, 4) is 0 Å². The van der Waals surface area contributed by atoms with Crippen LogP contribution in [0.3, 0.4) is 0 Å². The maximum Gasteiger partial charge on any atom is 0.317 e. The van der Waals surface area contributed by atoms with E-state index in [-0.39, 0.29) is 22.2 Å². The molecule has 1 atom stereocenters. The van der Waals surface area contributed by atoms with E-state index in [4.69, 9.17) is 16.3 Å². The molecule has 2 rings (SSSR count). The number of halogens is 2. The van der Waals surface area contributed by atoms with Crippen LogP contribution in [-0.2, 0) is 14.3 Å². The van der Waals surface area contributed by atoms with Crippen LogP contribution in [0.1, 0.15) is 6.92 Å². The Morgan fingerprint density at radius 1 is 1.30 bits per heavy atom. The van der Waals surface area contributed by atoms with Gasteiger partial charge in [-0.2, -0.15) is 0 Å². The molecule has 1 N–H and O–H groups in total. The van der Waals surface area contributed by atoms with Gasteiger partial charge in [0.05, 0.1) is 15.7 Å². The van der Waals surface area contributed by atoms with E-state index in [0.717, 1.165) is 17.8 Å². The molecule has 0 aliphatic heterocycles. The summed E-state index contributed by atoms with van der Waals surface area (Å²) in [6, 6.07) is 9.38. The second-order valence-electron chi connectivity index (χ2n) is 5.29. The first-order valence-corrected chi connectivity index (χ1v) is 8.95. The highest BCUT2D eigenvalue weighted by atomic mass is 35.5. The van der Waals surface area contributed by atoms with Crippen molar-refractivity contribution in [3.63, 3.8) is 0 Å². The summed E-state index contributed by atoms with van der Waals surface area (Å²) in [5.41, 5.74) is 0.225. The number of carbonyl (C=O) groups excluding carboxylic acids is 2. The summed E-state index contributed by atoms with van der Waals surface area (Å²) in [4.78, 5) is 34.6. The molecule has 142 valence electrons. The van der Waals surface area contributed by atoms with E-state index in [9.17, 15) is 24.1 Å². The van der Waals surface area contributed by atoms with Crippen LogP contribution in [-0.4, -0.2) is 28.7 Å². The topological polar surface area (TPSA) is 98.5 Å². The highest BCUT2D eigenvalue weighted by molar-refractivity contribution is 8.00. The van der Waals surface area contributed by atoms with Gasteiger partial charge >= 0.3 is 5.97 Å². The van der Waals surface area contributed by atoms with Crippen molar-refractivity contribution in [1.82, 2.24) is 0 Å². The van der Waals surface area contributed by atoms with Crippen LogP contribution < -0.4 is 5.32 Å². The predicted molar refractivity (Wildman–Crippen MR) is 99.4 cm³/mol. The fourth-order valence-corrected chi connectivity index (χ4v) is 2.77. The van der Waals surface area contributed by atoms with E-state index in [2.05, 4.69) is 5.32 Å². The molecule has 0 aromatic heterocycles. The largest absolute Gasteiger partial charge is 0.452 e. The van der Waals surface area contributed by atoms with Gasteiger partial charge in [0.1, 0.15) is 5.82 Å². The van der Waals surface area contributed by atoms with Crippen LogP contribution in [0.15, 0.2) is 47.4 Å². The first kappa shape index (κ1) is 20.7. The molecular formula is C17H14ClFN2O5S. The Morgan fingerprint density at radius 2 is 1.96 bits per heavy atom. The zero-order valence-electron chi connectivity index (χ0n) is 14.0. The summed E-state index contributed by atoms with van der Waals surface area (Å²) >= 11 is 6.76. The molecule has 0 aliphatic carbocycles. The normalized spacial score (nSPS) is 11.5. The maximum absolute atomic E-state index is 13.1. The van der Waals surface area contributed by atoms with E-state index in [1.807, 2.05) is 0 Å². The molecule has 0 spiro atoms. The average molecular weight is 413 g/mol. The molecule has 7 nitrogen and oxygen atoms in total. The quantitative estimate of drug-likeness (QED) is 0.319. The van der Waals surface area contributed by atoms with Crippen molar-refractivity contribution in [2.24, 2.45) is 0 Å². The third kappa shape index (κ3) is 6.22. The minimum atomic E-state index is -1.07. The number of thioether (sulfide) groups is 1. The molecule has 0 saturated heterocycles. The summed E-state index contributed by atoms with van der Waals surface area (Å²) in [5, 5.41) is 12.9. The van der Waals surface area contributed by atoms with Crippen molar-refractivity contribution in [2.75, 3.05) is 11.1 Å². The Kier molecular flexibility index (Phi) is 7.14. The van der Waals surface area contributed by atoms with E-state index in [1.54, 1.807) is 0 Å². The number of amides is 1. The number of nitrogens with zero attached hydrogens (tertiary/aromatic N) is 1. The monoisotopic (exact) mass is 412 g/mol. The molecule has 0 unspecified atom stereocenters. The Balaban J connectivity index is 1.82. The van der Waals surface area contributed by atoms with Crippen molar-refractivity contribution < 1.29 is 23.6 Å².